The van der Waals surface area contributed by atoms with Crippen LogP contribution in [0.4, 0.5) is 19.0 Å². The number of alkyl halides is 3. The van der Waals surface area contributed by atoms with E-state index in [9.17, 15) is 18.0 Å². The van der Waals surface area contributed by atoms with Crippen molar-refractivity contribution in [2.24, 2.45) is 0 Å². The minimum atomic E-state index is -4.39. The van der Waals surface area contributed by atoms with E-state index >= 15 is 0 Å². The van der Waals surface area contributed by atoms with Crippen molar-refractivity contribution in [3.63, 3.8) is 0 Å². The Labute approximate surface area is 183 Å². The van der Waals surface area contributed by atoms with Crippen molar-refractivity contribution >= 4 is 11.7 Å². The van der Waals surface area contributed by atoms with Crippen molar-refractivity contribution in [1.82, 2.24) is 14.9 Å². The SMILES string of the molecule is Cc1nc(C)c(Cc2cccc(C(F)(F)F)c2)c(N2CCN(C(=O)c3ccco3)CC2)n1. The molecule has 0 atom stereocenters. The molecule has 1 aliphatic rings. The van der Waals surface area contributed by atoms with Gasteiger partial charge >= 0.3 is 6.18 Å². The van der Waals surface area contributed by atoms with Crippen LogP contribution in [-0.2, 0) is 12.6 Å². The van der Waals surface area contributed by atoms with Crippen LogP contribution in [0.25, 0.3) is 0 Å². The maximum absolute atomic E-state index is 13.1. The number of hydrogen-bond donors (Lipinski definition) is 0. The van der Waals surface area contributed by atoms with E-state index in [1.165, 1.54) is 18.4 Å². The summed E-state index contributed by atoms with van der Waals surface area (Å²) in [6, 6.07) is 8.65. The maximum Gasteiger partial charge on any atom is 0.416 e. The molecular formula is C23H23F3N4O2. The van der Waals surface area contributed by atoms with Gasteiger partial charge in [0.1, 0.15) is 11.6 Å². The Balaban J connectivity index is 1.56. The van der Waals surface area contributed by atoms with Crippen molar-refractivity contribution in [3.05, 3.63) is 76.6 Å². The Morgan fingerprint density at radius 1 is 1.06 bits per heavy atom. The summed E-state index contributed by atoms with van der Waals surface area (Å²) in [7, 11) is 0. The molecule has 0 spiro atoms. The summed E-state index contributed by atoms with van der Waals surface area (Å²) in [5.74, 6) is 1.45. The van der Waals surface area contributed by atoms with Crippen molar-refractivity contribution in [2.75, 3.05) is 31.1 Å². The van der Waals surface area contributed by atoms with Gasteiger partial charge < -0.3 is 14.2 Å². The number of nitrogens with zero attached hydrogens (tertiary/aromatic N) is 4. The summed E-state index contributed by atoms with van der Waals surface area (Å²) in [5.41, 5.74) is 1.40. The number of anilines is 1. The van der Waals surface area contributed by atoms with E-state index < -0.39 is 11.7 Å². The highest BCUT2D eigenvalue weighted by Crippen LogP contribution is 2.31. The van der Waals surface area contributed by atoms with E-state index in [1.807, 2.05) is 6.92 Å². The Morgan fingerprint density at radius 2 is 1.81 bits per heavy atom. The summed E-state index contributed by atoms with van der Waals surface area (Å²) in [6.07, 6.45) is -2.64. The number of amides is 1. The zero-order valence-corrected chi connectivity index (χ0v) is 17.8. The monoisotopic (exact) mass is 444 g/mol. The fourth-order valence-corrected chi connectivity index (χ4v) is 3.93. The molecule has 4 rings (SSSR count). The molecule has 1 aliphatic heterocycles. The van der Waals surface area contributed by atoms with E-state index in [0.29, 0.717) is 49.1 Å². The van der Waals surface area contributed by atoms with Crippen molar-refractivity contribution in [2.45, 2.75) is 26.4 Å². The summed E-state index contributed by atoms with van der Waals surface area (Å²) in [6.45, 7) is 5.73. The molecule has 1 fully saturated rings. The first-order valence-corrected chi connectivity index (χ1v) is 10.3. The van der Waals surface area contributed by atoms with Crippen LogP contribution in [-0.4, -0.2) is 47.0 Å². The lowest BCUT2D eigenvalue weighted by molar-refractivity contribution is -0.137. The molecule has 0 bridgehead atoms. The Hall–Kier alpha value is -3.36. The predicted octanol–water partition coefficient (Wildman–Crippen LogP) is 4.26. The highest BCUT2D eigenvalue weighted by Gasteiger charge is 2.31. The molecule has 0 radical (unpaired) electrons. The van der Waals surface area contributed by atoms with Gasteiger partial charge in [-0.25, -0.2) is 9.97 Å². The molecular weight excluding hydrogens is 421 g/mol. The van der Waals surface area contributed by atoms with Crippen LogP contribution in [0, 0.1) is 13.8 Å². The van der Waals surface area contributed by atoms with E-state index in [0.717, 1.165) is 17.3 Å². The zero-order chi connectivity index (χ0) is 22.9. The minimum absolute atomic E-state index is 0.158. The Kier molecular flexibility index (Phi) is 5.90. The lowest BCUT2D eigenvalue weighted by Gasteiger charge is -2.36. The average molecular weight is 444 g/mol. The second-order valence-corrected chi connectivity index (χ2v) is 7.79. The van der Waals surface area contributed by atoms with Gasteiger partial charge in [0, 0.05) is 43.9 Å². The quantitative estimate of drug-likeness (QED) is 0.602. The van der Waals surface area contributed by atoms with Crippen LogP contribution in [0.1, 0.15) is 38.8 Å². The fraction of sp³-hybridized carbons (Fsp3) is 0.348. The van der Waals surface area contributed by atoms with Gasteiger partial charge in [-0.3, -0.25) is 4.79 Å². The van der Waals surface area contributed by atoms with E-state index in [1.54, 1.807) is 30.0 Å². The first-order valence-electron chi connectivity index (χ1n) is 10.3. The molecule has 0 aliphatic carbocycles. The average Bonchev–Trinajstić information content (AvgIpc) is 3.30. The number of carbonyl (C=O) groups is 1. The van der Waals surface area contributed by atoms with E-state index in [4.69, 9.17) is 4.42 Å². The number of benzene rings is 1. The number of furan rings is 1. The molecule has 1 aromatic carbocycles. The van der Waals surface area contributed by atoms with E-state index in [2.05, 4.69) is 14.9 Å². The first-order chi connectivity index (χ1) is 15.2. The molecule has 168 valence electrons. The molecule has 0 saturated carbocycles. The van der Waals surface area contributed by atoms with Crippen molar-refractivity contribution < 1.29 is 22.4 Å². The highest BCUT2D eigenvalue weighted by molar-refractivity contribution is 5.91. The van der Waals surface area contributed by atoms with Gasteiger partial charge in [0.05, 0.1) is 11.8 Å². The molecule has 2 aromatic heterocycles. The third-order valence-electron chi connectivity index (χ3n) is 5.54. The number of aryl methyl sites for hydroxylation is 2. The lowest BCUT2D eigenvalue weighted by atomic mass is 10.0. The number of rotatable bonds is 4. The number of carbonyl (C=O) groups excluding carboxylic acids is 1. The van der Waals surface area contributed by atoms with Crippen LogP contribution in [0.2, 0.25) is 0 Å². The first kappa shape index (κ1) is 21.9. The van der Waals surface area contributed by atoms with Gasteiger partial charge in [-0.15, -0.1) is 0 Å². The predicted molar refractivity (Wildman–Crippen MR) is 113 cm³/mol. The molecule has 1 amide bonds. The van der Waals surface area contributed by atoms with Crippen LogP contribution >= 0.6 is 0 Å². The van der Waals surface area contributed by atoms with Crippen LogP contribution in [0.5, 0.6) is 0 Å². The van der Waals surface area contributed by atoms with Crippen molar-refractivity contribution in [1.29, 1.82) is 0 Å². The fourth-order valence-electron chi connectivity index (χ4n) is 3.93. The highest BCUT2D eigenvalue weighted by atomic mass is 19.4. The zero-order valence-electron chi connectivity index (χ0n) is 17.8. The minimum Gasteiger partial charge on any atom is -0.459 e. The molecule has 1 saturated heterocycles. The van der Waals surface area contributed by atoms with Crippen LogP contribution in [0.3, 0.4) is 0 Å². The van der Waals surface area contributed by atoms with Gasteiger partial charge in [-0.2, -0.15) is 13.2 Å². The molecule has 6 nitrogen and oxygen atoms in total. The summed E-state index contributed by atoms with van der Waals surface area (Å²) in [5, 5.41) is 0. The summed E-state index contributed by atoms with van der Waals surface area (Å²) < 4.78 is 44.6. The molecule has 32 heavy (non-hydrogen) atoms. The van der Waals surface area contributed by atoms with Gasteiger partial charge in [0.25, 0.3) is 5.91 Å². The number of hydrogen-bond acceptors (Lipinski definition) is 5. The second kappa shape index (κ2) is 8.64. The maximum atomic E-state index is 13.1. The molecule has 9 heteroatoms. The molecule has 3 heterocycles. The second-order valence-electron chi connectivity index (χ2n) is 7.79. The van der Waals surface area contributed by atoms with E-state index in [-0.39, 0.29) is 12.3 Å². The number of halogens is 3. The third-order valence-corrected chi connectivity index (χ3v) is 5.54. The molecule has 0 N–H and O–H groups in total. The van der Waals surface area contributed by atoms with Crippen LogP contribution < -0.4 is 4.90 Å². The van der Waals surface area contributed by atoms with Gasteiger partial charge in [0.15, 0.2) is 5.76 Å². The topological polar surface area (TPSA) is 62.5 Å². The smallest absolute Gasteiger partial charge is 0.416 e. The lowest BCUT2D eigenvalue weighted by Crippen LogP contribution is -2.49. The van der Waals surface area contributed by atoms with Crippen LogP contribution in [0.15, 0.2) is 47.1 Å². The third kappa shape index (κ3) is 4.61. The normalized spacial score (nSPS) is 14.7. The Morgan fingerprint density at radius 3 is 2.47 bits per heavy atom. The summed E-state index contributed by atoms with van der Waals surface area (Å²) >= 11 is 0. The Bertz CT molecular complexity index is 1100. The number of aromatic nitrogens is 2. The largest absolute Gasteiger partial charge is 0.459 e. The van der Waals surface area contributed by atoms with Gasteiger partial charge in [0.2, 0.25) is 0 Å². The molecule has 0 unspecified atom stereocenters. The standard InChI is InChI=1S/C23H23F3N4O2/c1-15-19(14-17-5-3-6-18(13-17)23(24,25)26)21(28-16(2)27-15)29-8-10-30(11-9-29)22(31)20-7-4-12-32-20/h3-7,12-13H,8-11,14H2,1-2H3. The molecule has 3 aromatic rings. The van der Waals surface area contributed by atoms with Crippen molar-refractivity contribution in [3.8, 4) is 0 Å². The number of piperazine rings is 1. The summed E-state index contributed by atoms with van der Waals surface area (Å²) in [4.78, 5) is 25.4. The van der Waals surface area contributed by atoms with Gasteiger partial charge in [-0.05, 0) is 37.6 Å². The van der Waals surface area contributed by atoms with Gasteiger partial charge in [-0.1, -0.05) is 18.2 Å².